The molecule has 1 amide bonds. The maximum atomic E-state index is 12.7. The zero-order chi connectivity index (χ0) is 21.7. The van der Waals surface area contributed by atoms with Gasteiger partial charge in [0.05, 0.1) is 17.7 Å². The third kappa shape index (κ3) is 4.84. The highest BCUT2D eigenvalue weighted by Gasteiger charge is 2.29. The molecule has 2 heterocycles. The van der Waals surface area contributed by atoms with Crippen molar-refractivity contribution in [3.05, 3.63) is 39.9 Å². The summed E-state index contributed by atoms with van der Waals surface area (Å²) >= 11 is 2.72. The Kier molecular flexibility index (Phi) is 7.49. The number of nitrogens with zero attached hydrogens (tertiary/aromatic N) is 1. The van der Waals surface area contributed by atoms with Gasteiger partial charge in [-0.25, -0.2) is 14.6 Å². The van der Waals surface area contributed by atoms with E-state index in [2.05, 4.69) is 10.3 Å². The van der Waals surface area contributed by atoms with Crippen molar-refractivity contribution < 1.29 is 23.9 Å². The Morgan fingerprint density at radius 2 is 2.03 bits per heavy atom. The molecule has 30 heavy (non-hydrogen) atoms. The van der Waals surface area contributed by atoms with Crippen LogP contribution >= 0.6 is 23.1 Å². The number of carbonyl (C=O) groups is 3. The van der Waals surface area contributed by atoms with Gasteiger partial charge in [-0.1, -0.05) is 0 Å². The van der Waals surface area contributed by atoms with E-state index in [1.165, 1.54) is 30.0 Å². The van der Waals surface area contributed by atoms with Crippen molar-refractivity contribution in [3.63, 3.8) is 0 Å². The van der Waals surface area contributed by atoms with Crippen molar-refractivity contribution in [2.24, 2.45) is 0 Å². The molecular weight excluding hydrogens is 424 g/mol. The molecule has 0 saturated carbocycles. The number of thioether (sulfide) groups is 1. The topological polar surface area (TPSA) is 94.6 Å². The number of rotatable bonds is 7. The minimum Gasteiger partial charge on any atom is -0.462 e. The number of esters is 2. The van der Waals surface area contributed by atoms with Gasteiger partial charge in [-0.2, -0.15) is 0 Å². The van der Waals surface area contributed by atoms with Crippen LogP contribution in [0.25, 0.3) is 0 Å². The maximum absolute atomic E-state index is 12.7. The van der Waals surface area contributed by atoms with Crippen LogP contribution in [-0.2, 0) is 27.1 Å². The molecule has 0 saturated heterocycles. The lowest BCUT2D eigenvalue weighted by Crippen LogP contribution is -2.30. The third-order valence-electron chi connectivity index (χ3n) is 4.73. The number of anilines is 1. The molecule has 0 bridgehead atoms. The minimum atomic E-state index is -1.04. The molecule has 1 atom stereocenters. The predicted octanol–water partition coefficient (Wildman–Crippen LogP) is 4.10. The molecule has 1 unspecified atom stereocenters. The highest BCUT2D eigenvalue weighted by atomic mass is 32.2. The average Bonchev–Trinajstić information content (AvgIpc) is 3.11. The monoisotopic (exact) mass is 448 g/mol. The van der Waals surface area contributed by atoms with Crippen LogP contribution in [0.4, 0.5) is 5.00 Å². The van der Waals surface area contributed by atoms with Gasteiger partial charge in [-0.3, -0.25) is 4.79 Å². The first-order valence-electron chi connectivity index (χ1n) is 9.78. The summed E-state index contributed by atoms with van der Waals surface area (Å²) in [5.74, 6) is -1.55. The Balaban J connectivity index is 1.76. The van der Waals surface area contributed by atoms with E-state index < -0.39 is 23.9 Å². The number of fused-ring (bicyclic) bond motifs is 1. The second kappa shape index (κ2) is 10.1. The normalized spacial score (nSPS) is 13.8. The molecule has 0 radical (unpaired) electrons. The molecule has 9 heteroatoms. The van der Waals surface area contributed by atoms with E-state index in [0.29, 0.717) is 21.2 Å². The van der Waals surface area contributed by atoms with Crippen LogP contribution in [0.15, 0.2) is 23.4 Å². The molecule has 1 N–H and O–H groups in total. The van der Waals surface area contributed by atoms with Gasteiger partial charge >= 0.3 is 11.9 Å². The summed E-state index contributed by atoms with van der Waals surface area (Å²) in [5.41, 5.74) is 1.70. The van der Waals surface area contributed by atoms with E-state index in [1.54, 1.807) is 25.3 Å². The summed E-state index contributed by atoms with van der Waals surface area (Å²) in [5, 5.41) is 3.76. The van der Waals surface area contributed by atoms with Gasteiger partial charge in [-0.05, 0) is 63.5 Å². The zero-order valence-electron chi connectivity index (χ0n) is 17.1. The Labute approximate surface area is 183 Å². The number of ether oxygens (including phenoxy) is 2. The predicted molar refractivity (Wildman–Crippen MR) is 116 cm³/mol. The highest BCUT2D eigenvalue weighted by molar-refractivity contribution is 7.98. The first-order chi connectivity index (χ1) is 14.5. The lowest BCUT2D eigenvalue weighted by molar-refractivity contribution is -0.123. The molecule has 7 nitrogen and oxygen atoms in total. The van der Waals surface area contributed by atoms with Crippen molar-refractivity contribution in [2.45, 2.75) is 50.7 Å². The first kappa shape index (κ1) is 22.3. The van der Waals surface area contributed by atoms with Crippen LogP contribution in [-0.4, -0.2) is 41.8 Å². The molecular formula is C21H24N2O5S2. The summed E-state index contributed by atoms with van der Waals surface area (Å²) in [6.45, 7) is 3.51. The molecule has 1 aliphatic carbocycles. The third-order valence-corrected chi connectivity index (χ3v) is 6.64. The summed E-state index contributed by atoms with van der Waals surface area (Å²) in [7, 11) is 0. The lowest BCUT2D eigenvalue weighted by Gasteiger charge is -2.15. The summed E-state index contributed by atoms with van der Waals surface area (Å²) in [4.78, 5) is 43.0. The first-order valence-corrected chi connectivity index (χ1v) is 11.8. The molecule has 2 aromatic heterocycles. The summed E-state index contributed by atoms with van der Waals surface area (Å²) in [6, 6.07) is 3.25. The number of aryl methyl sites for hydroxylation is 1. The second-order valence-electron chi connectivity index (χ2n) is 6.73. The van der Waals surface area contributed by atoms with E-state index >= 15 is 0 Å². The second-order valence-corrected chi connectivity index (χ2v) is 8.63. The van der Waals surface area contributed by atoms with E-state index in [9.17, 15) is 14.4 Å². The maximum Gasteiger partial charge on any atom is 0.341 e. The smallest absolute Gasteiger partial charge is 0.341 e. The zero-order valence-corrected chi connectivity index (χ0v) is 18.8. The van der Waals surface area contributed by atoms with Crippen LogP contribution in [0, 0.1) is 0 Å². The van der Waals surface area contributed by atoms with Crippen molar-refractivity contribution >= 4 is 45.9 Å². The van der Waals surface area contributed by atoms with E-state index in [4.69, 9.17) is 9.47 Å². The van der Waals surface area contributed by atoms with Crippen LogP contribution in [0.2, 0.25) is 0 Å². The number of amides is 1. The van der Waals surface area contributed by atoms with Crippen molar-refractivity contribution in [1.82, 2.24) is 4.98 Å². The standard InChI is InChI=1S/C21H24N2O5S2/c1-4-27-21(26)16-13-8-5-6-10-15(13)30-19(16)23-17(24)12(2)28-20(25)14-9-7-11-22-18(14)29-3/h7,9,11-12H,4-6,8,10H2,1-3H3,(H,23,24). The molecule has 2 aromatic rings. The fourth-order valence-corrected chi connectivity index (χ4v) is 5.09. The van der Waals surface area contributed by atoms with Gasteiger partial charge in [-0.15, -0.1) is 23.1 Å². The van der Waals surface area contributed by atoms with Gasteiger partial charge in [0.2, 0.25) is 0 Å². The van der Waals surface area contributed by atoms with Gasteiger partial charge in [0.25, 0.3) is 5.91 Å². The number of carbonyl (C=O) groups excluding carboxylic acids is 3. The van der Waals surface area contributed by atoms with Gasteiger partial charge in [0, 0.05) is 11.1 Å². The van der Waals surface area contributed by atoms with Crippen LogP contribution in [0.1, 0.15) is 57.8 Å². The number of pyridine rings is 1. The van der Waals surface area contributed by atoms with Crippen LogP contribution in [0.5, 0.6) is 0 Å². The van der Waals surface area contributed by atoms with Crippen LogP contribution in [0.3, 0.4) is 0 Å². The highest BCUT2D eigenvalue weighted by Crippen LogP contribution is 2.38. The van der Waals surface area contributed by atoms with Crippen molar-refractivity contribution in [1.29, 1.82) is 0 Å². The largest absolute Gasteiger partial charge is 0.462 e. The molecule has 160 valence electrons. The van der Waals surface area contributed by atoms with E-state index in [-0.39, 0.29) is 6.61 Å². The Bertz CT molecular complexity index is 957. The quantitative estimate of drug-likeness (QED) is 0.503. The Morgan fingerprint density at radius 1 is 1.27 bits per heavy atom. The molecule has 0 fully saturated rings. The fourth-order valence-electron chi connectivity index (χ4n) is 3.27. The number of hydrogen-bond acceptors (Lipinski definition) is 8. The fraction of sp³-hybridized carbons (Fsp3) is 0.429. The molecule has 3 rings (SSSR count). The van der Waals surface area contributed by atoms with Crippen molar-refractivity contribution in [3.8, 4) is 0 Å². The molecule has 0 aromatic carbocycles. The molecule has 0 aliphatic heterocycles. The van der Waals surface area contributed by atoms with Gasteiger partial charge in [0.15, 0.2) is 6.10 Å². The molecule has 0 spiro atoms. The van der Waals surface area contributed by atoms with Gasteiger partial charge in [0.1, 0.15) is 10.0 Å². The van der Waals surface area contributed by atoms with Gasteiger partial charge < -0.3 is 14.8 Å². The number of nitrogens with one attached hydrogen (secondary N) is 1. The Hall–Kier alpha value is -2.39. The number of hydrogen-bond donors (Lipinski definition) is 1. The van der Waals surface area contributed by atoms with Crippen LogP contribution < -0.4 is 5.32 Å². The Morgan fingerprint density at radius 3 is 2.77 bits per heavy atom. The van der Waals surface area contributed by atoms with E-state index in [0.717, 1.165) is 36.1 Å². The molecule has 1 aliphatic rings. The van der Waals surface area contributed by atoms with E-state index in [1.807, 2.05) is 6.26 Å². The number of aromatic nitrogens is 1. The summed E-state index contributed by atoms with van der Waals surface area (Å²) < 4.78 is 10.6. The summed E-state index contributed by atoms with van der Waals surface area (Å²) in [6.07, 6.45) is 6.09. The van der Waals surface area contributed by atoms with Crippen molar-refractivity contribution in [2.75, 3.05) is 18.2 Å². The SMILES string of the molecule is CCOC(=O)c1c(NC(=O)C(C)OC(=O)c2cccnc2SC)sc2c1CCCC2. The lowest BCUT2D eigenvalue weighted by atomic mass is 9.95. The number of thiophene rings is 1. The minimum absolute atomic E-state index is 0.258. The average molecular weight is 449 g/mol.